The summed E-state index contributed by atoms with van der Waals surface area (Å²) >= 11 is 1.89. The summed E-state index contributed by atoms with van der Waals surface area (Å²) in [5.41, 5.74) is 4.55. The van der Waals surface area contributed by atoms with Gasteiger partial charge in [0.25, 0.3) is 0 Å². The minimum atomic E-state index is 0.437. The molecule has 19 heavy (non-hydrogen) atoms. The molecule has 0 spiro atoms. The number of fused-ring (bicyclic) bond motifs is 1. The van der Waals surface area contributed by atoms with Gasteiger partial charge in [0.15, 0.2) is 0 Å². The van der Waals surface area contributed by atoms with E-state index in [-0.39, 0.29) is 0 Å². The fourth-order valence-electron chi connectivity index (χ4n) is 2.79. The molecule has 0 saturated carbocycles. The molecule has 1 atom stereocenters. The number of hydrogen-bond donors (Lipinski definition) is 1. The fourth-order valence-corrected chi connectivity index (χ4v) is 3.70. The molecule has 0 fully saturated rings. The monoisotopic (exact) mass is 271 g/mol. The van der Waals surface area contributed by atoms with Crippen molar-refractivity contribution in [3.05, 3.63) is 56.8 Å². The van der Waals surface area contributed by atoms with Gasteiger partial charge in [0, 0.05) is 22.3 Å². The second-order valence-electron chi connectivity index (χ2n) is 5.51. The van der Waals surface area contributed by atoms with Crippen LogP contribution in [0.25, 0.3) is 0 Å². The van der Waals surface area contributed by atoms with E-state index < -0.39 is 0 Å². The lowest BCUT2D eigenvalue weighted by Crippen LogP contribution is -2.17. The topological polar surface area (TPSA) is 12.0 Å². The van der Waals surface area contributed by atoms with Gasteiger partial charge >= 0.3 is 0 Å². The first-order valence-electron chi connectivity index (χ1n) is 7.13. The van der Waals surface area contributed by atoms with Crippen molar-refractivity contribution in [3.8, 4) is 0 Å². The van der Waals surface area contributed by atoms with Gasteiger partial charge in [0.2, 0.25) is 0 Å². The van der Waals surface area contributed by atoms with E-state index in [1.807, 2.05) is 11.3 Å². The highest BCUT2D eigenvalue weighted by atomic mass is 32.1. The summed E-state index contributed by atoms with van der Waals surface area (Å²) in [6, 6.07) is 11.9. The van der Waals surface area contributed by atoms with Crippen molar-refractivity contribution in [3.63, 3.8) is 0 Å². The molecule has 0 saturated heterocycles. The van der Waals surface area contributed by atoms with Crippen LogP contribution in [0, 0.1) is 6.92 Å². The molecule has 2 heteroatoms. The Morgan fingerprint density at radius 1 is 1.16 bits per heavy atom. The van der Waals surface area contributed by atoms with Crippen LogP contribution in [0.3, 0.4) is 0 Å². The van der Waals surface area contributed by atoms with E-state index in [0.717, 1.165) is 6.54 Å². The third kappa shape index (κ3) is 2.90. The van der Waals surface area contributed by atoms with Gasteiger partial charge in [-0.1, -0.05) is 18.2 Å². The maximum absolute atomic E-state index is 3.63. The number of aryl methyl sites for hydroxylation is 3. The molecule has 0 radical (unpaired) electrons. The molecule has 1 aromatic carbocycles. The molecule has 1 aliphatic rings. The smallest absolute Gasteiger partial charge is 0.0388 e. The summed E-state index contributed by atoms with van der Waals surface area (Å²) in [6.07, 6.45) is 3.87. The summed E-state index contributed by atoms with van der Waals surface area (Å²) in [6.45, 7) is 5.38. The van der Waals surface area contributed by atoms with Crippen LogP contribution in [-0.4, -0.2) is 0 Å². The summed E-state index contributed by atoms with van der Waals surface area (Å²) in [5, 5.41) is 3.63. The number of hydrogen-bond acceptors (Lipinski definition) is 2. The minimum absolute atomic E-state index is 0.437. The van der Waals surface area contributed by atoms with Crippen LogP contribution in [0.1, 0.15) is 45.8 Å². The van der Waals surface area contributed by atoms with Crippen molar-refractivity contribution in [1.29, 1.82) is 0 Å². The van der Waals surface area contributed by atoms with Crippen LogP contribution in [-0.2, 0) is 19.4 Å². The first-order chi connectivity index (χ1) is 9.22. The Labute approximate surface area is 119 Å². The van der Waals surface area contributed by atoms with Crippen LogP contribution >= 0.6 is 11.3 Å². The molecule has 1 aromatic heterocycles. The molecular weight excluding hydrogens is 250 g/mol. The molecular formula is C17H21NS. The van der Waals surface area contributed by atoms with Crippen molar-refractivity contribution in [2.24, 2.45) is 0 Å². The Balaban J connectivity index is 1.63. The molecule has 1 heterocycles. The predicted octanol–water partition coefficient (Wildman–Crippen LogP) is 4.40. The summed E-state index contributed by atoms with van der Waals surface area (Å²) in [4.78, 5) is 2.82. The van der Waals surface area contributed by atoms with Crippen molar-refractivity contribution in [1.82, 2.24) is 5.32 Å². The van der Waals surface area contributed by atoms with Crippen LogP contribution < -0.4 is 5.32 Å². The highest BCUT2D eigenvalue weighted by Crippen LogP contribution is 2.24. The zero-order valence-electron chi connectivity index (χ0n) is 11.7. The Morgan fingerprint density at radius 2 is 2.00 bits per heavy atom. The lowest BCUT2D eigenvalue weighted by atomic mass is 10.1. The lowest BCUT2D eigenvalue weighted by Gasteiger charge is -2.13. The van der Waals surface area contributed by atoms with E-state index in [1.165, 1.54) is 34.6 Å². The summed E-state index contributed by atoms with van der Waals surface area (Å²) in [7, 11) is 0. The van der Waals surface area contributed by atoms with Crippen molar-refractivity contribution >= 4 is 11.3 Å². The molecule has 1 N–H and O–H groups in total. The van der Waals surface area contributed by atoms with Gasteiger partial charge in [-0.25, -0.2) is 0 Å². The molecule has 0 bridgehead atoms. The molecule has 100 valence electrons. The molecule has 1 aliphatic carbocycles. The van der Waals surface area contributed by atoms with Crippen molar-refractivity contribution < 1.29 is 0 Å². The van der Waals surface area contributed by atoms with Crippen molar-refractivity contribution in [2.75, 3.05) is 0 Å². The van der Waals surface area contributed by atoms with Crippen LogP contribution in [0.2, 0.25) is 0 Å². The quantitative estimate of drug-likeness (QED) is 0.869. The second-order valence-corrected chi connectivity index (χ2v) is 6.83. The highest BCUT2D eigenvalue weighted by molar-refractivity contribution is 7.12. The van der Waals surface area contributed by atoms with E-state index in [0.29, 0.717) is 6.04 Å². The van der Waals surface area contributed by atoms with Crippen molar-refractivity contribution in [2.45, 2.75) is 45.7 Å². The maximum atomic E-state index is 3.63. The van der Waals surface area contributed by atoms with Gasteiger partial charge < -0.3 is 5.32 Å². The van der Waals surface area contributed by atoms with Gasteiger partial charge in [-0.15, -0.1) is 11.3 Å². The Kier molecular flexibility index (Phi) is 3.72. The zero-order valence-corrected chi connectivity index (χ0v) is 12.5. The molecule has 0 aliphatic heterocycles. The molecule has 1 nitrogen and oxygen atoms in total. The number of rotatable bonds is 4. The Hall–Kier alpha value is -1.12. The number of benzene rings is 1. The second kappa shape index (κ2) is 5.48. The highest BCUT2D eigenvalue weighted by Gasteiger charge is 2.11. The van der Waals surface area contributed by atoms with Gasteiger partial charge in [-0.05, 0) is 61.9 Å². The van der Waals surface area contributed by atoms with Crippen LogP contribution in [0.4, 0.5) is 0 Å². The largest absolute Gasteiger partial charge is 0.305 e. The molecule has 3 rings (SSSR count). The normalized spacial score (nSPS) is 15.5. The molecule has 1 unspecified atom stereocenters. The first kappa shape index (κ1) is 12.9. The fraction of sp³-hybridized carbons (Fsp3) is 0.412. The Bertz CT molecular complexity index is 570. The number of thiophene rings is 1. The van der Waals surface area contributed by atoms with E-state index in [2.05, 4.69) is 49.5 Å². The van der Waals surface area contributed by atoms with Gasteiger partial charge in [-0.2, -0.15) is 0 Å². The van der Waals surface area contributed by atoms with E-state index >= 15 is 0 Å². The third-order valence-corrected chi connectivity index (χ3v) is 5.15. The van der Waals surface area contributed by atoms with Crippen LogP contribution in [0.5, 0.6) is 0 Å². The van der Waals surface area contributed by atoms with E-state index in [1.54, 1.807) is 11.1 Å². The third-order valence-electron chi connectivity index (χ3n) is 3.96. The number of nitrogens with one attached hydrogen (secondary N) is 1. The van der Waals surface area contributed by atoms with Gasteiger partial charge in [-0.3, -0.25) is 0 Å². The SMILES string of the molecule is Cc1ccc(C(C)NCc2ccc3c(c2)CCC3)s1. The molecule has 2 aromatic rings. The summed E-state index contributed by atoms with van der Waals surface area (Å²) < 4.78 is 0. The van der Waals surface area contributed by atoms with E-state index in [4.69, 9.17) is 0 Å². The lowest BCUT2D eigenvalue weighted by molar-refractivity contribution is 0.582. The predicted molar refractivity (Wildman–Crippen MR) is 82.8 cm³/mol. The first-order valence-corrected chi connectivity index (χ1v) is 7.94. The van der Waals surface area contributed by atoms with Gasteiger partial charge in [0.1, 0.15) is 0 Å². The summed E-state index contributed by atoms with van der Waals surface area (Å²) in [5.74, 6) is 0. The average molecular weight is 271 g/mol. The standard InChI is InChI=1S/C17H21NS/c1-12-6-9-17(19-12)13(2)18-11-14-7-8-15-4-3-5-16(15)10-14/h6-10,13,18H,3-5,11H2,1-2H3. The zero-order chi connectivity index (χ0) is 13.2. The van der Waals surface area contributed by atoms with Gasteiger partial charge in [0.05, 0.1) is 0 Å². The molecule has 0 amide bonds. The average Bonchev–Trinajstić information content (AvgIpc) is 3.03. The van der Waals surface area contributed by atoms with E-state index in [9.17, 15) is 0 Å². The maximum Gasteiger partial charge on any atom is 0.0388 e. The Morgan fingerprint density at radius 3 is 2.79 bits per heavy atom. The van der Waals surface area contributed by atoms with Crippen LogP contribution in [0.15, 0.2) is 30.3 Å². The minimum Gasteiger partial charge on any atom is -0.305 e.